The van der Waals surface area contributed by atoms with Crippen LogP contribution >= 0.6 is 22.7 Å². The fourth-order valence-electron chi connectivity index (χ4n) is 1.73. The maximum atomic E-state index is 11.9. The highest BCUT2D eigenvalue weighted by Crippen LogP contribution is 2.28. The third kappa shape index (κ3) is 1.83. The molecule has 0 radical (unpaired) electrons. The predicted octanol–water partition coefficient (Wildman–Crippen LogP) is 2.92. The van der Waals surface area contributed by atoms with Crippen LogP contribution in [0.25, 0.3) is 15.3 Å². The number of carbonyl (C=O) groups excluding carboxylic acids is 1. The minimum atomic E-state index is -0.0381. The molecule has 0 bridgehead atoms. The number of rotatable bonds is 4. The van der Waals surface area contributed by atoms with Gasteiger partial charge in [0.25, 0.3) is 5.91 Å². The van der Waals surface area contributed by atoms with Crippen LogP contribution in [-0.4, -0.2) is 21.8 Å². The number of thiophene rings is 1. The van der Waals surface area contributed by atoms with Crippen molar-refractivity contribution in [2.45, 2.75) is 6.42 Å². The minimum absolute atomic E-state index is 0.0381. The van der Waals surface area contributed by atoms with Crippen molar-refractivity contribution in [2.24, 2.45) is 0 Å². The summed E-state index contributed by atoms with van der Waals surface area (Å²) in [7, 11) is 0. The van der Waals surface area contributed by atoms with Crippen LogP contribution in [0.15, 0.2) is 30.3 Å². The number of hydrogen-bond donors (Lipinski definition) is 1. The molecule has 0 atom stereocenters. The fourth-order valence-corrected chi connectivity index (χ4v) is 3.45. The van der Waals surface area contributed by atoms with Crippen molar-refractivity contribution in [2.75, 3.05) is 6.54 Å². The maximum Gasteiger partial charge on any atom is 0.261 e. The van der Waals surface area contributed by atoms with E-state index in [1.54, 1.807) is 17.4 Å². The van der Waals surface area contributed by atoms with E-state index in [1.807, 2.05) is 22.0 Å². The summed E-state index contributed by atoms with van der Waals surface area (Å²) in [5, 5.41) is 4.85. The Bertz CT molecular complexity index is 722. The molecule has 0 saturated heterocycles. The summed E-state index contributed by atoms with van der Waals surface area (Å²) in [6.45, 7) is 4.25. The molecule has 3 aromatic heterocycles. The Kier molecular flexibility index (Phi) is 2.89. The number of imidazole rings is 1. The Labute approximate surface area is 112 Å². The summed E-state index contributed by atoms with van der Waals surface area (Å²) in [6, 6.07) is 1.90. The second-order valence-corrected chi connectivity index (χ2v) is 5.71. The zero-order valence-corrected chi connectivity index (χ0v) is 11.2. The van der Waals surface area contributed by atoms with Gasteiger partial charge in [0.15, 0.2) is 4.96 Å². The van der Waals surface area contributed by atoms with Gasteiger partial charge in [0.05, 0.1) is 10.4 Å². The van der Waals surface area contributed by atoms with Gasteiger partial charge >= 0.3 is 0 Å². The first-order chi connectivity index (χ1) is 8.79. The number of fused-ring (bicyclic) bond motifs is 3. The molecule has 0 aliphatic carbocycles. The van der Waals surface area contributed by atoms with Gasteiger partial charge in [-0.3, -0.25) is 9.20 Å². The molecule has 18 heavy (non-hydrogen) atoms. The van der Waals surface area contributed by atoms with Crippen molar-refractivity contribution in [3.8, 4) is 0 Å². The van der Waals surface area contributed by atoms with Crippen molar-refractivity contribution in [3.63, 3.8) is 0 Å². The number of carbonyl (C=O) groups is 1. The summed E-state index contributed by atoms with van der Waals surface area (Å²) in [4.78, 5) is 19.0. The van der Waals surface area contributed by atoms with Crippen molar-refractivity contribution in [3.05, 3.63) is 35.2 Å². The molecule has 0 aromatic carbocycles. The molecule has 1 N–H and O–H groups in total. The molecular weight excluding hydrogens is 266 g/mol. The van der Waals surface area contributed by atoms with E-state index in [4.69, 9.17) is 0 Å². The van der Waals surface area contributed by atoms with Gasteiger partial charge < -0.3 is 5.32 Å². The quantitative estimate of drug-likeness (QED) is 0.589. The van der Waals surface area contributed by atoms with Crippen molar-refractivity contribution in [1.29, 1.82) is 0 Å². The van der Waals surface area contributed by atoms with E-state index in [-0.39, 0.29) is 5.91 Å². The fraction of sp³-hybridized carbons (Fsp3) is 0.167. The lowest BCUT2D eigenvalue weighted by Crippen LogP contribution is -2.23. The molecule has 1 amide bonds. The number of hydrogen-bond acceptors (Lipinski definition) is 4. The monoisotopic (exact) mass is 277 g/mol. The van der Waals surface area contributed by atoms with E-state index in [0.29, 0.717) is 11.4 Å². The molecule has 4 nitrogen and oxygen atoms in total. The number of thiazole rings is 1. The van der Waals surface area contributed by atoms with Crippen LogP contribution in [-0.2, 0) is 0 Å². The summed E-state index contributed by atoms with van der Waals surface area (Å²) in [5.41, 5.74) is 1.00. The van der Waals surface area contributed by atoms with Gasteiger partial charge in [-0.05, 0) is 12.5 Å². The molecule has 92 valence electrons. The molecule has 0 saturated carbocycles. The van der Waals surface area contributed by atoms with Crippen molar-refractivity contribution < 1.29 is 4.79 Å². The van der Waals surface area contributed by atoms with E-state index < -0.39 is 0 Å². The first-order valence-corrected chi connectivity index (χ1v) is 7.23. The molecule has 6 heteroatoms. The van der Waals surface area contributed by atoms with Gasteiger partial charge in [-0.2, -0.15) is 0 Å². The average molecular weight is 277 g/mol. The molecule has 0 aliphatic rings. The first kappa shape index (κ1) is 11.4. The Morgan fingerprint density at radius 3 is 3.33 bits per heavy atom. The topological polar surface area (TPSA) is 46.4 Å². The SMILES string of the molecule is C=CCCNC(=O)c1cc2c(nc3sccn32)s1. The van der Waals surface area contributed by atoms with E-state index in [1.165, 1.54) is 11.3 Å². The van der Waals surface area contributed by atoms with Crippen LogP contribution in [0.5, 0.6) is 0 Å². The normalized spacial score (nSPS) is 11.1. The van der Waals surface area contributed by atoms with Gasteiger partial charge in [0.1, 0.15) is 4.83 Å². The van der Waals surface area contributed by atoms with Crippen LogP contribution in [0.2, 0.25) is 0 Å². The smallest absolute Gasteiger partial charge is 0.261 e. The largest absolute Gasteiger partial charge is 0.351 e. The van der Waals surface area contributed by atoms with Crippen LogP contribution in [0.1, 0.15) is 16.1 Å². The van der Waals surface area contributed by atoms with Gasteiger partial charge in [-0.25, -0.2) is 4.98 Å². The highest BCUT2D eigenvalue weighted by Gasteiger charge is 2.14. The maximum absolute atomic E-state index is 11.9. The van der Waals surface area contributed by atoms with E-state index in [0.717, 1.165) is 21.7 Å². The number of nitrogens with zero attached hydrogens (tertiary/aromatic N) is 2. The Morgan fingerprint density at radius 2 is 2.50 bits per heavy atom. The minimum Gasteiger partial charge on any atom is -0.351 e. The first-order valence-electron chi connectivity index (χ1n) is 5.54. The summed E-state index contributed by atoms with van der Waals surface area (Å²) in [6.07, 6.45) is 4.55. The van der Waals surface area contributed by atoms with Crippen LogP contribution < -0.4 is 5.32 Å². The van der Waals surface area contributed by atoms with Crippen LogP contribution in [0.3, 0.4) is 0 Å². The van der Waals surface area contributed by atoms with Crippen LogP contribution in [0.4, 0.5) is 0 Å². The molecule has 3 rings (SSSR count). The Hall–Kier alpha value is -1.66. The highest BCUT2D eigenvalue weighted by atomic mass is 32.1. The molecule has 0 spiro atoms. The lowest BCUT2D eigenvalue weighted by molar-refractivity contribution is 0.0958. The Balaban J connectivity index is 1.90. The molecular formula is C12H11N3OS2. The van der Waals surface area contributed by atoms with E-state index >= 15 is 0 Å². The third-order valence-corrected chi connectivity index (χ3v) is 4.37. The molecule has 0 unspecified atom stereocenters. The molecule has 0 fully saturated rings. The van der Waals surface area contributed by atoms with Gasteiger partial charge in [0, 0.05) is 18.1 Å². The zero-order chi connectivity index (χ0) is 12.5. The molecule has 3 heterocycles. The summed E-state index contributed by atoms with van der Waals surface area (Å²) < 4.78 is 2.01. The lowest BCUT2D eigenvalue weighted by atomic mass is 10.4. The Morgan fingerprint density at radius 1 is 1.61 bits per heavy atom. The van der Waals surface area contributed by atoms with Crippen molar-refractivity contribution in [1.82, 2.24) is 14.7 Å². The number of aromatic nitrogens is 2. The standard InChI is InChI=1S/C12H11N3OS2/c1-2-3-4-13-10(16)9-7-8-11(18-9)14-12-15(8)5-6-17-12/h2,5-7H,1,3-4H2,(H,13,16). The lowest BCUT2D eigenvalue weighted by Gasteiger charge is -1.99. The van der Waals surface area contributed by atoms with Gasteiger partial charge in [-0.15, -0.1) is 29.3 Å². The third-order valence-electron chi connectivity index (χ3n) is 2.60. The van der Waals surface area contributed by atoms with Gasteiger partial charge in [0.2, 0.25) is 0 Å². The summed E-state index contributed by atoms with van der Waals surface area (Å²) >= 11 is 3.03. The second kappa shape index (κ2) is 4.55. The van der Waals surface area contributed by atoms with Gasteiger partial charge in [-0.1, -0.05) is 6.08 Å². The highest BCUT2D eigenvalue weighted by molar-refractivity contribution is 7.21. The average Bonchev–Trinajstić information content (AvgIpc) is 2.99. The van der Waals surface area contributed by atoms with Crippen LogP contribution in [0, 0.1) is 0 Å². The number of amides is 1. The van der Waals surface area contributed by atoms with E-state index in [9.17, 15) is 4.79 Å². The predicted molar refractivity (Wildman–Crippen MR) is 75.6 cm³/mol. The van der Waals surface area contributed by atoms with E-state index in [2.05, 4.69) is 16.9 Å². The second-order valence-electron chi connectivity index (χ2n) is 3.80. The summed E-state index contributed by atoms with van der Waals surface area (Å²) in [5.74, 6) is -0.0381. The molecule has 0 aliphatic heterocycles. The van der Waals surface area contributed by atoms with Crippen molar-refractivity contribution >= 4 is 43.9 Å². The number of nitrogens with one attached hydrogen (secondary N) is 1. The zero-order valence-electron chi connectivity index (χ0n) is 9.55. The molecule has 3 aromatic rings.